The molecule has 2 heteroatoms. The summed E-state index contributed by atoms with van der Waals surface area (Å²) in [5, 5.41) is 0. The van der Waals surface area contributed by atoms with Crippen molar-refractivity contribution >= 4 is 0 Å². The van der Waals surface area contributed by atoms with E-state index in [4.69, 9.17) is 10.5 Å². The van der Waals surface area contributed by atoms with Crippen LogP contribution in [0.3, 0.4) is 0 Å². The Balaban J connectivity index is 2.03. The van der Waals surface area contributed by atoms with E-state index in [1.165, 1.54) is 16.7 Å². The van der Waals surface area contributed by atoms with Crippen molar-refractivity contribution in [2.75, 3.05) is 7.11 Å². The van der Waals surface area contributed by atoms with E-state index in [2.05, 4.69) is 50.2 Å². The largest absolute Gasteiger partial charge is 0.497 e. The maximum absolute atomic E-state index is 6.46. The number of nitrogens with two attached hydrogens (primary N) is 1. The van der Waals surface area contributed by atoms with Crippen LogP contribution in [0, 0.1) is 6.92 Å². The minimum atomic E-state index is -0.246. The van der Waals surface area contributed by atoms with Gasteiger partial charge in [-0.25, -0.2) is 0 Å². The number of benzene rings is 2. The van der Waals surface area contributed by atoms with E-state index < -0.39 is 0 Å². The van der Waals surface area contributed by atoms with Crippen LogP contribution < -0.4 is 10.5 Å². The second kappa shape index (κ2) is 6.10. The van der Waals surface area contributed by atoms with Crippen molar-refractivity contribution in [3.8, 4) is 5.75 Å². The third-order valence-corrected chi connectivity index (χ3v) is 3.50. The highest BCUT2D eigenvalue weighted by atomic mass is 16.5. The van der Waals surface area contributed by atoms with Gasteiger partial charge < -0.3 is 10.5 Å². The number of ether oxygens (including phenoxy) is 1. The van der Waals surface area contributed by atoms with Crippen molar-refractivity contribution in [2.24, 2.45) is 5.73 Å². The Kier molecular flexibility index (Phi) is 4.46. The molecule has 0 aliphatic rings. The first-order valence-corrected chi connectivity index (χ1v) is 6.96. The molecule has 0 saturated carbocycles. The van der Waals surface area contributed by atoms with Crippen molar-refractivity contribution < 1.29 is 4.74 Å². The topological polar surface area (TPSA) is 35.2 Å². The van der Waals surface area contributed by atoms with Crippen molar-refractivity contribution in [2.45, 2.75) is 32.2 Å². The van der Waals surface area contributed by atoms with Crippen LogP contribution in [0.5, 0.6) is 5.75 Å². The Morgan fingerprint density at radius 3 is 1.80 bits per heavy atom. The molecule has 2 N–H and O–H groups in total. The second-order valence-electron chi connectivity index (χ2n) is 5.84. The average molecular weight is 269 g/mol. The molecule has 1 atom stereocenters. The fourth-order valence-electron chi connectivity index (χ4n) is 2.44. The van der Waals surface area contributed by atoms with Gasteiger partial charge in [0.15, 0.2) is 0 Å². The molecule has 2 rings (SSSR count). The summed E-state index contributed by atoms with van der Waals surface area (Å²) in [6.07, 6.45) is 1.73. The summed E-state index contributed by atoms with van der Waals surface area (Å²) in [6, 6.07) is 16.7. The van der Waals surface area contributed by atoms with Gasteiger partial charge in [-0.05, 0) is 49.9 Å². The van der Waals surface area contributed by atoms with Gasteiger partial charge in [0.2, 0.25) is 0 Å². The van der Waals surface area contributed by atoms with Crippen LogP contribution in [0.25, 0.3) is 0 Å². The third kappa shape index (κ3) is 4.10. The fourth-order valence-corrected chi connectivity index (χ4v) is 2.44. The van der Waals surface area contributed by atoms with Crippen LogP contribution in [-0.2, 0) is 12.8 Å². The minimum Gasteiger partial charge on any atom is -0.497 e. The first-order chi connectivity index (χ1) is 9.48. The summed E-state index contributed by atoms with van der Waals surface area (Å²) in [4.78, 5) is 0. The van der Waals surface area contributed by atoms with Crippen LogP contribution in [0.1, 0.15) is 23.6 Å². The molecule has 1 unspecified atom stereocenters. The van der Waals surface area contributed by atoms with Gasteiger partial charge in [0.25, 0.3) is 0 Å². The lowest BCUT2D eigenvalue weighted by atomic mass is 9.87. The van der Waals surface area contributed by atoms with Crippen LogP contribution in [0.2, 0.25) is 0 Å². The Labute approximate surface area is 121 Å². The monoisotopic (exact) mass is 269 g/mol. The Morgan fingerprint density at radius 2 is 1.35 bits per heavy atom. The van der Waals surface area contributed by atoms with Gasteiger partial charge in [-0.15, -0.1) is 0 Å². The summed E-state index contributed by atoms with van der Waals surface area (Å²) >= 11 is 0. The molecule has 2 nitrogen and oxygen atoms in total. The van der Waals surface area contributed by atoms with E-state index >= 15 is 0 Å². The number of aryl methyl sites for hydroxylation is 1. The Hall–Kier alpha value is -1.80. The number of hydrogen-bond donors (Lipinski definition) is 1. The fraction of sp³-hybridized carbons (Fsp3) is 0.333. The molecule has 2 aromatic carbocycles. The van der Waals surface area contributed by atoms with Gasteiger partial charge in [-0.3, -0.25) is 0 Å². The van der Waals surface area contributed by atoms with E-state index in [9.17, 15) is 0 Å². The van der Waals surface area contributed by atoms with Crippen LogP contribution in [0.4, 0.5) is 0 Å². The SMILES string of the molecule is COc1ccc(CC(C)(N)Cc2ccc(C)cc2)cc1. The molecule has 0 aromatic heterocycles. The molecule has 2 aromatic rings. The standard InChI is InChI=1S/C18H23NO/c1-14-4-6-15(7-5-14)12-18(2,19)13-16-8-10-17(20-3)11-9-16/h4-11H,12-13,19H2,1-3H3. The van der Waals surface area contributed by atoms with Gasteiger partial charge in [-0.1, -0.05) is 42.0 Å². The van der Waals surface area contributed by atoms with Crippen molar-refractivity contribution in [1.82, 2.24) is 0 Å². The van der Waals surface area contributed by atoms with Crippen LogP contribution >= 0.6 is 0 Å². The predicted molar refractivity (Wildman–Crippen MR) is 84.2 cm³/mol. The summed E-state index contributed by atoms with van der Waals surface area (Å²) in [5.41, 5.74) is 10.0. The summed E-state index contributed by atoms with van der Waals surface area (Å²) in [7, 11) is 1.68. The van der Waals surface area contributed by atoms with Crippen molar-refractivity contribution in [1.29, 1.82) is 0 Å². The van der Waals surface area contributed by atoms with Crippen LogP contribution in [-0.4, -0.2) is 12.6 Å². The molecule has 0 aliphatic heterocycles. The predicted octanol–water partition coefficient (Wildman–Crippen LogP) is 3.51. The first kappa shape index (κ1) is 14.6. The Morgan fingerprint density at radius 1 is 0.900 bits per heavy atom. The van der Waals surface area contributed by atoms with Crippen molar-refractivity contribution in [3.63, 3.8) is 0 Å². The molecular weight excluding hydrogens is 246 g/mol. The zero-order valence-corrected chi connectivity index (χ0v) is 12.5. The molecule has 0 saturated heterocycles. The zero-order valence-electron chi connectivity index (χ0n) is 12.5. The number of rotatable bonds is 5. The molecule has 0 amide bonds. The van der Waals surface area contributed by atoms with Gasteiger partial charge >= 0.3 is 0 Å². The third-order valence-electron chi connectivity index (χ3n) is 3.50. The highest BCUT2D eigenvalue weighted by Crippen LogP contribution is 2.19. The lowest BCUT2D eigenvalue weighted by Crippen LogP contribution is -2.40. The normalized spacial score (nSPS) is 13.8. The van der Waals surface area contributed by atoms with E-state index in [0.29, 0.717) is 0 Å². The lowest BCUT2D eigenvalue weighted by molar-refractivity contribution is 0.414. The average Bonchev–Trinajstić information content (AvgIpc) is 2.41. The maximum atomic E-state index is 6.46. The Bertz CT molecular complexity index is 541. The van der Waals surface area contributed by atoms with E-state index in [-0.39, 0.29) is 5.54 Å². The highest BCUT2D eigenvalue weighted by molar-refractivity contribution is 5.29. The molecule has 0 bridgehead atoms. The summed E-state index contributed by atoms with van der Waals surface area (Å²) in [6.45, 7) is 4.21. The van der Waals surface area contributed by atoms with Crippen LogP contribution in [0.15, 0.2) is 48.5 Å². The van der Waals surface area contributed by atoms with E-state index in [1.54, 1.807) is 7.11 Å². The van der Waals surface area contributed by atoms with Gasteiger partial charge in [0.05, 0.1) is 7.11 Å². The molecule has 106 valence electrons. The van der Waals surface area contributed by atoms with Gasteiger partial charge in [-0.2, -0.15) is 0 Å². The highest BCUT2D eigenvalue weighted by Gasteiger charge is 2.19. The lowest BCUT2D eigenvalue weighted by Gasteiger charge is -2.25. The first-order valence-electron chi connectivity index (χ1n) is 6.96. The molecule has 0 heterocycles. The molecule has 20 heavy (non-hydrogen) atoms. The number of methoxy groups -OCH3 is 1. The summed E-state index contributed by atoms with van der Waals surface area (Å²) in [5.74, 6) is 0.881. The number of hydrogen-bond acceptors (Lipinski definition) is 2. The van der Waals surface area contributed by atoms with E-state index in [1.807, 2.05) is 12.1 Å². The van der Waals surface area contributed by atoms with Gasteiger partial charge in [0.1, 0.15) is 5.75 Å². The van der Waals surface area contributed by atoms with Gasteiger partial charge in [0, 0.05) is 5.54 Å². The van der Waals surface area contributed by atoms with Crippen molar-refractivity contribution in [3.05, 3.63) is 65.2 Å². The maximum Gasteiger partial charge on any atom is 0.118 e. The summed E-state index contributed by atoms with van der Waals surface area (Å²) < 4.78 is 5.17. The smallest absolute Gasteiger partial charge is 0.118 e. The molecular formula is C18H23NO. The molecule has 0 fully saturated rings. The van der Waals surface area contributed by atoms with E-state index in [0.717, 1.165) is 18.6 Å². The molecule has 0 spiro atoms. The molecule has 0 aliphatic carbocycles. The quantitative estimate of drug-likeness (QED) is 0.901. The molecule has 0 radical (unpaired) electrons. The zero-order chi connectivity index (χ0) is 14.6. The minimum absolute atomic E-state index is 0.246. The second-order valence-corrected chi connectivity index (χ2v) is 5.84.